The minimum Gasteiger partial charge on any atom is -0.467 e. The summed E-state index contributed by atoms with van der Waals surface area (Å²) in [7, 11) is 2.70. The molecule has 20 heteroatoms. The molecule has 0 aliphatic rings. The molecular formula is C40H34N14O6. The lowest BCUT2D eigenvalue weighted by molar-refractivity contribution is -0.145. The predicted molar refractivity (Wildman–Crippen MR) is 215 cm³/mol. The highest BCUT2D eigenvalue weighted by atomic mass is 16.5. The molecule has 300 valence electrons. The number of fused-ring (bicyclic) bond motifs is 6. The number of esters is 2. The molecular weight excluding hydrogens is 773 g/mol. The number of carbonyl (C=O) groups excluding carboxylic acids is 2. The van der Waals surface area contributed by atoms with Crippen molar-refractivity contribution in [1.29, 1.82) is 0 Å². The van der Waals surface area contributed by atoms with Crippen molar-refractivity contribution in [2.45, 2.75) is 24.9 Å². The first-order chi connectivity index (χ1) is 29.3. The van der Waals surface area contributed by atoms with Gasteiger partial charge in [-0.2, -0.15) is 29.2 Å². The molecule has 2 atom stereocenters. The van der Waals surface area contributed by atoms with E-state index >= 15 is 0 Å². The first-order valence-corrected chi connectivity index (χ1v) is 18.4. The van der Waals surface area contributed by atoms with Gasteiger partial charge in [-0.3, -0.25) is 4.68 Å². The Morgan fingerprint density at radius 2 is 1.17 bits per heavy atom. The molecule has 10 aromatic rings. The van der Waals surface area contributed by atoms with Gasteiger partial charge in [0, 0.05) is 19.0 Å². The second-order valence-electron chi connectivity index (χ2n) is 13.4. The number of furan rings is 2. The zero-order valence-corrected chi connectivity index (χ0v) is 31.9. The van der Waals surface area contributed by atoms with Crippen molar-refractivity contribution < 1.29 is 27.9 Å². The topological polar surface area (TPSA) is 253 Å². The summed E-state index contributed by atoms with van der Waals surface area (Å²) in [6.45, 7) is 0. The zero-order valence-electron chi connectivity index (χ0n) is 31.9. The van der Waals surface area contributed by atoms with Crippen molar-refractivity contribution in [3.63, 3.8) is 0 Å². The zero-order chi connectivity index (χ0) is 41.3. The molecule has 0 radical (unpaired) electrons. The van der Waals surface area contributed by atoms with Crippen molar-refractivity contribution in [2.24, 2.45) is 0 Å². The van der Waals surface area contributed by atoms with Crippen LogP contribution in [0.3, 0.4) is 0 Å². The molecule has 0 amide bonds. The molecule has 2 unspecified atom stereocenters. The Morgan fingerprint density at radius 1 is 0.633 bits per heavy atom. The smallest absolute Gasteiger partial charge is 0.331 e. The maximum Gasteiger partial charge on any atom is 0.331 e. The fourth-order valence-electron chi connectivity index (χ4n) is 6.76. The van der Waals surface area contributed by atoms with E-state index in [0.717, 1.165) is 11.1 Å². The molecule has 0 spiro atoms. The van der Waals surface area contributed by atoms with Gasteiger partial charge < -0.3 is 29.8 Å². The number of nitrogens with two attached hydrogens (primary N) is 2. The van der Waals surface area contributed by atoms with Gasteiger partial charge >= 0.3 is 11.9 Å². The summed E-state index contributed by atoms with van der Waals surface area (Å²) < 4.78 is 26.7. The molecule has 0 aliphatic carbocycles. The van der Waals surface area contributed by atoms with E-state index in [1.165, 1.54) is 32.6 Å². The third kappa shape index (κ3) is 6.86. The number of carbonyl (C=O) groups is 2. The van der Waals surface area contributed by atoms with Crippen molar-refractivity contribution in [3.8, 4) is 23.2 Å². The Hall–Kier alpha value is -8.42. The third-order valence-corrected chi connectivity index (χ3v) is 9.64. The van der Waals surface area contributed by atoms with Crippen LogP contribution in [0.1, 0.15) is 23.2 Å². The van der Waals surface area contributed by atoms with Crippen LogP contribution in [0.15, 0.2) is 119 Å². The molecule has 10 rings (SSSR count). The summed E-state index contributed by atoms with van der Waals surface area (Å²) in [6, 6.07) is 24.9. The Morgan fingerprint density at radius 3 is 1.72 bits per heavy atom. The SMILES string of the molecule is COC(=O)C(Cc1ccccc1)n1cc2c(nc(N)n3nc(-c4ccco4)nc23)n1.COC(=O)C(Cc1ccccc1)n1ncc2c1nc(N)n1nc(-c3ccco3)nc21. The van der Waals surface area contributed by atoms with Gasteiger partial charge in [0.1, 0.15) is 0 Å². The largest absolute Gasteiger partial charge is 0.467 e. The summed E-state index contributed by atoms with van der Waals surface area (Å²) in [6.07, 6.45) is 7.20. The number of hydrogen-bond donors (Lipinski definition) is 2. The number of aromatic nitrogens is 12. The van der Waals surface area contributed by atoms with Crippen LogP contribution in [0.2, 0.25) is 0 Å². The van der Waals surface area contributed by atoms with Crippen LogP contribution in [0, 0.1) is 0 Å². The minimum absolute atomic E-state index is 0.118. The summed E-state index contributed by atoms with van der Waals surface area (Å²) in [5, 5.41) is 18.9. The molecule has 8 aromatic heterocycles. The van der Waals surface area contributed by atoms with Crippen molar-refractivity contribution in [3.05, 3.63) is 121 Å². The van der Waals surface area contributed by atoms with E-state index in [-0.39, 0.29) is 11.9 Å². The average Bonchev–Trinajstić information content (AvgIpc) is 4.13. The fourth-order valence-corrected chi connectivity index (χ4v) is 6.76. The van der Waals surface area contributed by atoms with Gasteiger partial charge in [0.15, 0.2) is 46.2 Å². The van der Waals surface area contributed by atoms with E-state index in [2.05, 4.69) is 40.3 Å². The van der Waals surface area contributed by atoms with E-state index in [1.807, 2.05) is 60.7 Å². The van der Waals surface area contributed by atoms with E-state index in [0.29, 0.717) is 69.4 Å². The summed E-state index contributed by atoms with van der Waals surface area (Å²) >= 11 is 0. The molecule has 60 heavy (non-hydrogen) atoms. The van der Waals surface area contributed by atoms with E-state index < -0.39 is 24.0 Å². The van der Waals surface area contributed by atoms with Crippen LogP contribution in [0.5, 0.6) is 0 Å². The van der Waals surface area contributed by atoms with Gasteiger partial charge in [0.2, 0.25) is 23.5 Å². The van der Waals surface area contributed by atoms with Crippen molar-refractivity contribution in [1.82, 2.24) is 58.7 Å². The molecule has 4 N–H and O–H groups in total. The summed E-state index contributed by atoms with van der Waals surface area (Å²) in [4.78, 5) is 42.9. The number of hydrogen-bond acceptors (Lipinski definition) is 16. The number of benzene rings is 2. The summed E-state index contributed by atoms with van der Waals surface area (Å²) in [5.41, 5.74) is 15.9. The van der Waals surface area contributed by atoms with Crippen LogP contribution in [-0.2, 0) is 31.9 Å². The average molecular weight is 807 g/mol. The monoisotopic (exact) mass is 806 g/mol. The van der Waals surface area contributed by atoms with Crippen LogP contribution >= 0.6 is 0 Å². The first-order valence-electron chi connectivity index (χ1n) is 18.4. The van der Waals surface area contributed by atoms with E-state index in [9.17, 15) is 9.59 Å². The highest BCUT2D eigenvalue weighted by molar-refractivity contribution is 5.92. The number of methoxy groups -OCH3 is 2. The van der Waals surface area contributed by atoms with Gasteiger partial charge in [-0.05, 0) is 35.4 Å². The van der Waals surface area contributed by atoms with E-state index in [1.54, 1.807) is 49.2 Å². The lowest BCUT2D eigenvalue weighted by atomic mass is 10.1. The van der Waals surface area contributed by atoms with Crippen molar-refractivity contribution in [2.75, 3.05) is 25.7 Å². The second kappa shape index (κ2) is 15.5. The molecule has 8 heterocycles. The molecule has 20 nitrogen and oxygen atoms in total. The van der Waals surface area contributed by atoms with Gasteiger partial charge in [-0.1, -0.05) is 60.7 Å². The Labute approximate surface area is 338 Å². The lowest BCUT2D eigenvalue weighted by Gasteiger charge is -2.16. The van der Waals surface area contributed by atoms with Crippen molar-refractivity contribution >= 4 is 57.2 Å². The standard InChI is InChI=1S/2C20H17N7O3/c1-29-19(28)14(10-12-6-3-2-4-7-12)26-18-13(11-22-26)17-23-16(15-8-5-9-30-15)25-27(17)20(21)24-18;1-29-19(28)14(10-12-6-3-2-4-7-12)26-11-13-16(24-26)23-20(21)27-18(13)22-17(25-27)15-8-5-9-30-15/h2-9,11,14H,10H2,1H3,(H2,21,24);2-9,11,14H,10H2,1H3,(H2,21,23,24). The highest BCUT2D eigenvalue weighted by Gasteiger charge is 2.28. The minimum atomic E-state index is -0.711. The fraction of sp³-hybridized carbons (Fsp3) is 0.150. The number of nitrogens with zero attached hydrogens (tertiary/aromatic N) is 12. The van der Waals surface area contributed by atoms with Crippen LogP contribution in [-0.4, -0.2) is 84.9 Å². The molecule has 2 aromatic carbocycles. The van der Waals surface area contributed by atoms with Gasteiger partial charge in [-0.25, -0.2) is 24.2 Å². The molecule has 0 fully saturated rings. The van der Waals surface area contributed by atoms with E-state index in [4.69, 9.17) is 29.8 Å². The highest BCUT2D eigenvalue weighted by Crippen LogP contribution is 2.28. The molecule has 0 saturated heterocycles. The molecule has 0 saturated carbocycles. The van der Waals surface area contributed by atoms with Crippen LogP contribution in [0.25, 0.3) is 56.5 Å². The predicted octanol–water partition coefficient (Wildman–Crippen LogP) is 4.55. The number of anilines is 2. The Bertz CT molecular complexity index is 3030. The molecule has 0 bridgehead atoms. The maximum atomic E-state index is 12.6. The quantitative estimate of drug-likeness (QED) is 0.180. The lowest BCUT2D eigenvalue weighted by Crippen LogP contribution is -2.24. The number of rotatable bonds is 10. The first kappa shape index (κ1) is 37.2. The number of ether oxygens (including phenoxy) is 2. The Balaban J connectivity index is 0.000000154. The summed E-state index contributed by atoms with van der Waals surface area (Å²) in [5.74, 6) is 1.18. The number of nitrogen functional groups attached to an aromatic ring is 2. The third-order valence-electron chi connectivity index (χ3n) is 9.64. The Kier molecular flexibility index (Phi) is 9.60. The second-order valence-corrected chi connectivity index (χ2v) is 13.4. The van der Waals surface area contributed by atoms with Crippen LogP contribution < -0.4 is 11.5 Å². The molecule has 0 aliphatic heterocycles. The van der Waals surface area contributed by atoms with Gasteiger partial charge in [-0.15, -0.1) is 10.2 Å². The van der Waals surface area contributed by atoms with Gasteiger partial charge in [0.25, 0.3) is 0 Å². The van der Waals surface area contributed by atoms with Crippen LogP contribution in [0.4, 0.5) is 11.9 Å². The maximum absolute atomic E-state index is 12.6. The van der Waals surface area contributed by atoms with Gasteiger partial charge in [0.05, 0.1) is 43.7 Å². The normalized spacial score (nSPS) is 12.4.